The van der Waals surface area contributed by atoms with Crippen LogP contribution in [0.2, 0.25) is 0 Å². The van der Waals surface area contributed by atoms with Gasteiger partial charge >= 0.3 is 0 Å². The van der Waals surface area contributed by atoms with E-state index in [2.05, 4.69) is 15.3 Å². The molecule has 134 valence electrons. The van der Waals surface area contributed by atoms with Gasteiger partial charge in [0.15, 0.2) is 0 Å². The molecule has 0 unspecified atom stereocenters. The molecule has 0 saturated heterocycles. The zero-order valence-corrected chi connectivity index (χ0v) is 14.9. The van der Waals surface area contributed by atoms with Crippen LogP contribution in [0.3, 0.4) is 0 Å². The molecule has 0 aliphatic rings. The molecule has 4 aromatic rings. The summed E-state index contributed by atoms with van der Waals surface area (Å²) in [7, 11) is 1.81. The summed E-state index contributed by atoms with van der Waals surface area (Å²) in [5, 5.41) is 11.1. The Bertz CT molecular complexity index is 1000. The standard InChI is InChI=1S/C21H19N5O/c1-25(15-16-3-9-19(10-4-16)26-14-2-12-23-26)21(27)18-7-5-17(6-8-18)20-11-13-22-24-20/h2-14H,15H2,1H3,(H,22,24). The van der Waals surface area contributed by atoms with Gasteiger partial charge in [-0.2, -0.15) is 10.2 Å². The van der Waals surface area contributed by atoms with E-state index in [9.17, 15) is 4.79 Å². The number of hydrogen-bond acceptors (Lipinski definition) is 3. The van der Waals surface area contributed by atoms with Crippen molar-refractivity contribution in [2.45, 2.75) is 6.54 Å². The van der Waals surface area contributed by atoms with Crippen molar-refractivity contribution in [1.29, 1.82) is 0 Å². The number of carbonyl (C=O) groups is 1. The molecule has 0 bridgehead atoms. The topological polar surface area (TPSA) is 66.8 Å². The number of carbonyl (C=O) groups excluding carboxylic acids is 1. The van der Waals surface area contributed by atoms with E-state index in [1.54, 1.807) is 22.0 Å². The quantitative estimate of drug-likeness (QED) is 0.594. The van der Waals surface area contributed by atoms with Gasteiger partial charge in [-0.05, 0) is 47.5 Å². The van der Waals surface area contributed by atoms with Crippen molar-refractivity contribution in [3.8, 4) is 16.9 Å². The highest BCUT2D eigenvalue weighted by molar-refractivity contribution is 5.94. The molecular weight excluding hydrogens is 338 g/mol. The van der Waals surface area contributed by atoms with Crippen LogP contribution in [0, 0.1) is 0 Å². The number of H-pyrrole nitrogens is 1. The molecule has 0 spiro atoms. The van der Waals surface area contributed by atoms with Gasteiger partial charge in [0.25, 0.3) is 5.91 Å². The first kappa shape index (κ1) is 16.8. The summed E-state index contributed by atoms with van der Waals surface area (Å²) in [6, 6.07) is 19.4. The van der Waals surface area contributed by atoms with Gasteiger partial charge < -0.3 is 4.90 Å². The third-order valence-electron chi connectivity index (χ3n) is 4.42. The maximum atomic E-state index is 12.7. The first-order valence-electron chi connectivity index (χ1n) is 8.65. The molecule has 0 atom stereocenters. The van der Waals surface area contributed by atoms with Gasteiger partial charge in [0.2, 0.25) is 0 Å². The molecule has 0 radical (unpaired) electrons. The predicted molar refractivity (Wildman–Crippen MR) is 103 cm³/mol. The highest BCUT2D eigenvalue weighted by atomic mass is 16.2. The number of nitrogens with zero attached hydrogens (tertiary/aromatic N) is 4. The summed E-state index contributed by atoms with van der Waals surface area (Å²) in [5.41, 5.74) is 4.65. The number of hydrogen-bond donors (Lipinski definition) is 1. The van der Waals surface area contributed by atoms with Gasteiger partial charge in [0.05, 0.1) is 11.4 Å². The normalized spacial score (nSPS) is 10.7. The molecule has 0 fully saturated rings. The van der Waals surface area contributed by atoms with E-state index in [0.717, 1.165) is 22.5 Å². The minimum Gasteiger partial charge on any atom is -0.337 e. The molecule has 0 aliphatic carbocycles. The van der Waals surface area contributed by atoms with Gasteiger partial charge in [-0.1, -0.05) is 24.3 Å². The average molecular weight is 357 g/mol. The van der Waals surface area contributed by atoms with Crippen LogP contribution in [0.4, 0.5) is 0 Å². The van der Waals surface area contributed by atoms with E-state index in [0.29, 0.717) is 12.1 Å². The molecule has 2 heterocycles. The minimum atomic E-state index is -0.0117. The molecule has 1 amide bonds. The monoisotopic (exact) mass is 357 g/mol. The lowest BCUT2D eigenvalue weighted by molar-refractivity contribution is 0.0785. The van der Waals surface area contributed by atoms with Crippen molar-refractivity contribution >= 4 is 5.91 Å². The van der Waals surface area contributed by atoms with Crippen molar-refractivity contribution < 1.29 is 4.79 Å². The van der Waals surface area contributed by atoms with Crippen LogP contribution in [0.15, 0.2) is 79.3 Å². The van der Waals surface area contributed by atoms with E-state index >= 15 is 0 Å². The molecule has 1 N–H and O–H groups in total. The lowest BCUT2D eigenvalue weighted by atomic mass is 10.1. The van der Waals surface area contributed by atoms with Crippen LogP contribution >= 0.6 is 0 Å². The van der Waals surface area contributed by atoms with Gasteiger partial charge in [0.1, 0.15) is 0 Å². The second-order valence-corrected chi connectivity index (χ2v) is 6.33. The number of benzene rings is 2. The van der Waals surface area contributed by atoms with Crippen LogP contribution in [0.1, 0.15) is 15.9 Å². The first-order chi connectivity index (χ1) is 13.2. The zero-order chi connectivity index (χ0) is 18.6. The first-order valence-corrected chi connectivity index (χ1v) is 8.65. The van der Waals surface area contributed by atoms with Crippen molar-refractivity contribution in [3.63, 3.8) is 0 Å². The number of nitrogens with one attached hydrogen (secondary N) is 1. The van der Waals surface area contributed by atoms with Gasteiger partial charge in [-0.3, -0.25) is 9.89 Å². The fourth-order valence-corrected chi connectivity index (χ4v) is 2.95. The Morgan fingerprint density at radius 1 is 1.04 bits per heavy atom. The zero-order valence-electron chi connectivity index (χ0n) is 14.9. The molecule has 6 nitrogen and oxygen atoms in total. The molecule has 0 saturated carbocycles. The van der Waals surface area contributed by atoms with Crippen molar-refractivity contribution in [3.05, 3.63) is 90.4 Å². The third-order valence-corrected chi connectivity index (χ3v) is 4.42. The summed E-state index contributed by atoms with van der Waals surface area (Å²) >= 11 is 0. The molecular formula is C21H19N5O. The Morgan fingerprint density at radius 3 is 2.44 bits per heavy atom. The van der Waals surface area contributed by atoms with E-state index in [1.807, 2.05) is 73.9 Å². The van der Waals surface area contributed by atoms with Crippen LogP contribution in [-0.4, -0.2) is 37.8 Å². The van der Waals surface area contributed by atoms with Crippen molar-refractivity contribution in [2.24, 2.45) is 0 Å². The molecule has 4 rings (SSSR count). The minimum absolute atomic E-state index is 0.0117. The Balaban J connectivity index is 1.43. The Morgan fingerprint density at radius 2 is 1.81 bits per heavy atom. The second-order valence-electron chi connectivity index (χ2n) is 6.33. The fourth-order valence-electron chi connectivity index (χ4n) is 2.95. The summed E-state index contributed by atoms with van der Waals surface area (Å²) in [4.78, 5) is 14.4. The largest absolute Gasteiger partial charge is 0.337 e. The highest BCUT2D eigenvalue weighted by Gasteiger charge is 2.12. The van der Waals surface area contributed by atoms with Crippen molar-refractivity contribution in [1.82, 2.24) is 24.9 Å². The lowest BCUT2D eigenvalue weighted by Gasteiger charge is -2.18. The number of aromatic nitrogens is 4. The Hall–Kier alpha value is -3.67. The van der Waals surface area contributed by atoms with Crippen LogP contribution < -0.4 is 0 Å². The number of aromatic amines is 1. The third kappa shape index (κ3) is 3.64. The summed E-state index contributed by atoms with van der Waals surface area (Å²) < 4.78 is 1.81. The predicted octanol–water partition coefficient (Wildman–Crippen LogP) is 3.53. The molecule has 6 heteroatoms. The molecule has 2 aromatic heterocycles. The summed E-state index contributed by atoms with van der Waals surface area (Å²) in [5.74, 6) is -0.0117. The van der Waals surface area contributed by atoms with Crippen molar-refractivity contribution in [2.75, 3.05) is 7.05 Å². The lowest BCUT2D eigenvalue weighted by Crippen LogP contribution is -2.26. The second kappa shape index (κ2) is 7.29. The van der Waals surface area contributed by atoms with Gasteiger partial charge in [-0.15, -0.1) is 0 Å². The van der Waals surface area contributed by atoms with Gasteiger partial charge in [-0.25, -0.2) is 4.68 Å². The summed E-state index contributed by atoms with van der Waals surface area (Å²) in [6.07, 6.45) is 5.36. The number of amides is 1. The smallest absolute Gasteiger partial charge is 0.253 e. The molecule has 27 heavy (non-hydrogen) atoms. The maximum Gasteiger partial charge on any atom is 0.253 e. The van der Waals surface area contributed by atoms with E-state index in [4.69, 9.17) is 0 Å². The maximum absolute atomic E-state index is 12.7. The van der Waals surface area contributed by atoms with Gasteiger partial charge in [0, 0.05) is 37.7 Å². The summed E-state index contributed by atoms with van der Waals surface area (Å²) in [6.45, 7) is 0.542. The van der Waals surface area contributed by atoms with Crippen LogP contribution in [0.5, 0.6) is 0 Å². The Kier molecular flexibility index (Phi) is 4.53. The molecule has 2 aromatic carbocycles. The average Bonchev–Trinajstić information content (AvgIpc) is 3.42. The van der Waals surface area contributed by atoms with E-state index < -0.39 is 0 Å². The van der Waals surface area contributed by atoms with Crippen LogP contribution in [-0.2, 0) is 6.54 Å². The molecule has 0 aliphatic heterocycles. The van der Waals surface area contributed by atoms with E-state index in [1.165, 1.54) is 0 Å². The number of rotatable bonds is 5. The SMILES string of the molecule is CN(Cc1ccc(-n2cccn2)cc1)C(=O)c1ccc(-c2ccn[nH]2)cc1. The Labute approximate surface area is 157 Å². The highest BCUT2D eigenvalue weighted by Crippen LogP contribution is 2.18. The fraction of sp³-hybridized carbons (Fsp3) is 0.0952. The van der Waals surface area contributed by atoms with E-state index in [-0.39, 0.29) is 5.91 Å². The van der Waals surface area contributed by atoms with Crippen LogP contribution in [0.25, 0.3) is 16.9 Å².